The Bertz CT molecular complexity index is 534. The minimum Gasteiger partial charge on any atom is -0.327 e. The van der Waals surface area contributed by atoms with Gasteiger partial charge < -0.3 is 15.1 Å². The number of fused-ring (bicyclic) bond motifs is 1. The van der Waals surface area contributed by atoms with Crippen molar-refractivity contribution in [3.63, 3.8) is 0 Å². The van der Waals surface area contributed by atoms with Crippen molar-refractivity contribution in [2.45, 2.75) is 6.04 Å². The highest BCUT2D eigenvalue weighted by Crippen LogP contribution is 2.24. The van der Waals surface area contributed by atoms with E-state index in [1.165, 1.54) is 0 Å². The van der Waals surface area contributed by atoms with Gasteiger partial charge in [0.15, 0.2) is 0 Å². The predicted octanol–water partition coefficient (Wildman–Crippen LogP) is 0.596. The van der Waals surface area contributed by atoms with Gasteiger partial charge in [0.1, 0.15) is 0 Å². The van der Waals surface area contributed by atoms with Crippen molar-refractivity contribution in [2.24, 2.45) is 0 Å². The first-order valence-corrected chi connectivity index (χ1v) is 7.05. The number of amides is 2. The summed E-state index contributed by atoms with van der Waals surface area (Å²) >= 11 is 3.39. The molecule has 1 aromatic carbocycles. The molecule has 0 aromatic heterocycles. The van der Waals surface area contributed by atoms with Crippen molar-refractivity contribution in [2.75, 3.05) is 31.1 Å². The van der Waals surface area contributed by atoms with Crippen LogP contribution in [-0.4, -0.2) is 48.9 Å². The van der Waals surface area contributed by atoms with Gasteiger partial charge >= 0.3 is 11.8 Å². The lowest BCUT2D eigenvalue weighted by Crippen LogP contribution is -2.65. The van der Waals surface area contributed by atoms with Crippen LogP contribution in [-0.2, 0) is 9.59 Å². The van der Waals surface area contributed by atoms with Crippen molar-refractivity contribution in [3.05, 3.63) is 28.7 Å². The Hall–Kier alpha value is -1.40. The van der Waals surface area contributed by atoms with E-state index in [-0.39, 0.29) is 6.04 Å². The summed E-state index contributed by atoms with van der Waals surface area (Å²) in [6, 6.07) is 7.54. The van der Waals surface area contributed by atoms with E-state index in [4.69, 9.17) is 0 Å². The second kappa shape index (κ2) is 4.94. The number of piperazine rings is 2. The van der Waals surface area contributed by atoms with Crippen LogP contribution in [0, 0.1) is 0 Å². The van der Waals surface area contributed by atoms with E-state index in [1.54, 1.807) is 9.80 Å². The largest absolute Gasteiger partial charge is 0.327 e. The second-order valence-corrected chi connectivity index (χ2v) is 5.67. The summed E-state index contributed by atoms with van der Waals surface area (Å²) < 4.78 is 0.898. The van der Waals surface area contributed by atoms with Gasteiger partial charge in [0.25, 0.3) is 0 Å². The number of carbonyl (C=O) groups excluding carboxylic acids is 2. The van der Waals surface area contributed by atoms with Gasteiger partial charge in [-0.2, -0.15) is 0 Å². The Morgan fingerprint density at radius 1 is 1.26 bits per heavy atom. The molecule has 0 saturated carbocycles. The van der Waals surface area contributed by atoms with Gasteiger partial charge in [-0.15, -0.1) is 0 Å². The molecule has 0 spiro atoms. The molecule has 2 aliphatic rings. The van der Waals surface area contributed by atoms with Crippen molar-refractivity contribution < 1.29 is 9.59 Å². The van der Waals surface area contributed by atoms with Gasteiger partial charge in [-0.05, 0) is 18.2 Å². The number of halogens is 1. The Labute approximate surface area is 119 Å². The summed E-state index contributed by atoms with van der Waals surface area (Å²) in [5.74, 6) is -0.825. The molecule has 0 radical (unpaired) electrons. The maximum absolute atomic E-state index is 12.2. The molecule has 5 nitrogen and oxygen atoms in total. The second-order valence-electron chi connectivity index (χ2n) is 4.75. The highest BCUT2D eigenvalue weighted by molar-refractivity contribution is 9.10. The summed E-state index contributed by atoms with van der Waals surface area (Å²) in [5, 5.41) is 3.26. The maximum Gasteiger partial charge on any atom is 0.316 e. The molecule has 2 saturated heterocycles. The lowest BCUT2D eigenvalue weighted by atomic mass is 10.1. The lowest BCUT2D eigenvalue weighted by molar-refractivity contribution is -0.149. The Balaban J connectivity index is 1.90. The van der Waals surface area contributed by atoms with Crippen LogP contribution >= 0.6 is 15.9 Å². The van der Waals surface area contributed by atoms with E-state index in [1.807, 2.05) is 24.3 Å². The van der Waals surface area contributed by atoms with Crippen LogP contribution in [0.25, 0.3) is 0 Å². The van der Waals surface area contributed by atoms with Crippen LogP contribution in [0.2, 0.25) is 0 Å². The molecular weight excluding hydrogens is 310 g/mol. The third kappa shape index (κ3) is 2.26. The molecule has 0 bridgehead atoms. The number of rotatable bonds is 1. The molecule has 19 heavy (non-hydrogen) atoms. The first-order valence-electron chi connectivity index (χ1n) is 6.25. The molecule has 1 aromatic rings. The molecule has 2 heterocycles. The monoisotopic (exact) mass is 323 g/mol. The van der Waals surface area contributed by atoms with Gasteiger partial charge in [0.05, 0.1) is 6.04 Å². The normalized spacial score (nSPS) is 23.5. The molecule has 1 N–H and O–H groups in total. The zero-order valence-electron chi connectivity index (χ0n) is 10.3. The summed E-state index contributed by atoms with van der Waals surface area (Å²) in [6.45, 7) is 2.66. The molecule has 3 rings (SSSR count). The topological polar surface area (TPSA) is 52.7 Å². The fourth-order valence-electron chi connectivity index (χ4n) is 2.59. The van der Waals surface area contributed by atoms with Gasteiger partial charge in [0.2, 0.25) is 0 Å². The zero-order chi connectivity index (χ0) is 13.4. The van der Waals surface area contributed by atoms with E-state index in [0.29, 0.717) is 13.1 Å². The van der Waals surface area contributed by atoms with Gasteiger partial charge in [-0.25, -0.2) is 0 Å². The number of carbonyl (C=O) groups is 2. The number of benzene rings is 1. The third-order valence-electron chi connectivity index (χ3n) is 3.55. The van der Waals surface area contributed by atoms with E-state index in [2.05, 4.69) is 21.2 Å². The molecule has 100 valence electrons. The molecule has 1 unspecified atom stereocenters. The highest BCUT2D eigenvalue weighted by Gasteiger charge is 2.40. The molecular formula is C13H14BrN3O2. The Morgan fingerprint density at radius 2 is 2.11 bits per heavy atom. The minimum atomic E-state index is -0.434. The Morgan fingerprint density at radius 3 is 2.89 bits per heavy atom. The van der Waals surface area contributed by atoms with Gasteiger partial charge in [0, 0.05) is 36.3 Å². The standard InChI is InChI=1S/C13H14BrN3O2/c14-9-2-1-3-10(6-9)17-8-11-7-15-4-5-16(11)12(18)13(17)19/h1-3,6,11,15H,4-5,7-8H2. The van der Waals surface area contributed by atoms with Crippen LogP contribution in [0.1, 0.15) is 0 Å². The van der Waals surface area contributed by atoms with E-state index >= 15 is 0 Å². The average Bonchev–Trinajstić information content (AvgIpc) is 2.43. The fourth-order valence-corrected chi connectivity index (χ4v) is 2.98. The van der Waals surface area contributed by atoms with E-state index in [9.17, 15) is 9.59 Å². The maximum atomic E-state index is 12.2. The van der Waals surface area contributed by atoms with Gasteiger partial charge in [-0.3, -0.25) is 9.59 Å². The van der Waals surface area contributed by atoms with E-state index in [0.717, 1.165) is 23.2 Å². The van der Waals surface area contributed by atoms with Crippen LogP contribution in [0.4, 0.5) is 5.69 Å². The molecule has 6 heteroatoms. The Kier molecular flexibility index (Phi) is 3.28. The van der Waals surface area contributed by atoms with Crippen molar-refractivity contribution in [1.29, 1.82) is 0 Å². The van der Waals surface area contributed by atoms with Crippen LogP contribution in [0.5, 0.6) is 0 Å². The lowest BCUT2D eigenvalue weighted by Gasteiger charge is -2.43. The van der Waals surface area contributed by atoms with Crippen molar-refractivity contribution in [3.8, 4) is 0 Å². The average molecular weight is 324 g/mol. The van der Waals surface area contributed by atoms with Crippen molar-refractivity contribution >= 4 is 33.4 Å². The molecule has 1 atom stereocenters. The zero-order valence-corrected chi connectivity index (χ0v) is 11.9. The smallest absolute Gasteiger partial charge is 0.316 e. The number of nitrogens with zero attached hydrogens (tertiary/aromatic N) is 2. The number of anilines is 1. The molecule has 2 fully saturated rings. The first kappa shape index (κ1) is 12.6. The minimum absolute atomic E-state index is 0.0675. The number of hydrogen-bond acceptors (Lipinski definition) is 3. The molecule has 0 aliphatic carbocycles. The fraction of sp³-hybridized carbons (Fsp3) is 0.385. The number of hydrogen-bond donors (Lipinski definition) is 1. The van der Waals surface area contributed by atoms with Crippen LogP contribution in [0.15, 0.2) is 28.7 Å². The summed E-state index contributed by atoms with van der Waals surface area (Å²) in [5.41, 5.74) is 0.762. The highest BCUT2D eigenvalue weighted by atomic mass is 79.9. The molecule has 2 aliphatic heterocycles. The van der Waals surface area contributed by atoms with E-state index < -0.39 is 11.8 Å². The van der Waals surface area contributed by atoms with Crippen LogP contribution < -0.4 is 10.2 Å². The third-order valence-corrected chi connectivity index (χ3v) is 4.05. The first-order chi connectivity index (χ1) is 9.16. The predicted molar refractivity (Wildman–Crippen MR) is 74.9 cm³/mol. The van der Waals surface area contributed by atoms with Crippen molar-refractivity contribution in [1.82, 2.24) is 10.2 Å². The molecule has 2 amide bonds. The summed E-state index contributed by atoms with van der Waals surface area (Å²) in [6.07, 6.45) is 0. The quantitative estimate of drug-likeness (QED) is 0.770. The van der Waals surface area contributed by atoms with Crippen LogP contribution in [0.3, 0.4) is 0 Å². The summed E-state index contributed by atoms with van der Waals surface area (Å²) in [4.78, 5) is 27.6. The summed E-state index contributed by atoms with van der Waals surface area (Å²) in [7, 11) is 0. The SMILES string of the molecule is O=C1C(=O)N2CCNCC2CN1c1cccc(Br)c1. The number of nitrogens with one attached hydrogen (secondary N) is 1. The van der Waals surface area contributed by atoms with Gasteiger partial charge in [-0.1, -0.05) is 22.0 Å².